The molecule has 2 unspecified atom stereocenters. The maximum atomic E-state index is 5.74. The lowest BCUT2D eigenvalue weighted by molar-refractivity contribution is 0.344. The molecular weight excluding hydrogens is 202 g/mol. The minimum atomic E-state index is 0.147. The number of hydrogen-bond donors (Lipinski definition) is 1. The summed E-state index contributed by atoms with van der Waals surface area (Å²) in [6.07, 6.45) is 3.72. The van der Waals surface area contributed by atoms with E-state index in [1.54, 1.807) is 6.26 Å². The van der Waals surface area contributed by atoms with Crippen molar-refractivity contribution in [1.82, 2.24) is 9.88 Å². The number of likely N-dealkylation sites (N-methyl/N-ethyl adjacent to an activating group) is 1. The molecule has 1 aliphatic heterocycles. The minimum Gasteiger partial charge on any atom is -0.448 e. The molecule has 2 N–H and O–H groups in total. The fourth-order valence-electron chi connectivity index (χ4n) is 2.26. The van der Waals surface area contributed by atoms with E-state index in [0.717, 1.165) is 44.1 Å². The van der Waals surface area contributed by atoms with E-state index in [-0.39, 0.29) is 6.04 Å². The molecule has 0 spiro atoms. The Morgan fingerprint density at radius 2 is 2.50 bits per heavy atom. The Balaban J connectivity index is 1.97. The third-order valence-electron chi connectivity index (χ3n) is 3.17. The van der Waals surface area contributed by atoms with E-state index in [2.05, 4.69) is 16.8 Å². The molecule has 0 aliphatic carbocycles. The molecule has 1 saturated heterocycles. The highest BCUT2D eigenvalue weighted by Crippen LogP contribution is 2.26. The van der Waals surface area contributed by atoms with E-state index in [0.29, 0.717) is 5.92 Å². The van der Waals surface area contributed by atoms with Gasteiger partial charge < -0.3 is 15.1 Å². The van der Waals surface area contributed by atoms with E-state index < -0.39 is 0 Å². The topological polar surface area (TPSA) is 55.3 Å². The van der Waals surface area contributed by atoms with Crippen LogP contribution in [0.1, 0.15) is 37.8 Å². The summed E-state index contributed by atoms with van der Waals surface area (Å²) in [6.45, 7) is 7.53. The van der Waals surface area contributed by atoms with Crippen LogP contribution in [0.25, 0.3) is 0 Å². The summed E-state index contributed by atoms with van der Waals surface area (Å²) >= 11 is 0. The van der Waals surface area contributed by atoms with Crippen LogP contribution in [0.4, 0.5) is 0 Å². The van der Waals surface area contributed by atoms with E-state index in [9.17, 15) is 0 Å². The Morgan fingerprint density at radius 3 is 3.12 bits per heavy atom. The Kier molecular flexibility index (Phi) is 3.61. The van der Waals surface area contributed by atoms with Crippen LogP contribution >= 0.6 is 0 Å². The summed E-state index contributed by atoms with van der Waals surface area (Å²) < 4.78 is 5.55. The lowest BCUT2D eigenvalue weighted by Crippen LogP contribution is -2.19. The molecule has 1 aliphatic rings. The van der Waals surface area contributed by atoms with Gasteiger partial charge in [-0.15, -0.1) is 0 Å². The van der Waals surface area contributed by atoms with Crippen molar-refractivity contribution in [3.8, 4) is 0 Å². The van der Waals surface area contributed by atoms with Gasteiger partial charge in [-0.05, 0) is 26.4 Å². The molecule has 1 fully saturated rings. The van der Waals surface area contributed by atoms with Crippen LogP contribution in [0, 0.1) is 0 Å². The van der Waals surface area contributed by atoms with E-state index in [4.69, 9.17) is 10.2 Å². The number of likely N-dealkylation sites (tertiary alicyclic amines) is 1. The predicted octanol–water partition coefficient (Wildman–Crippen LogP) is 1.37. The van der Waals surface area contributed by atoms with E-state index in [1.165, 1.54) is 0 Å². The molecule has 0 saturated carbocycles. The van der Waals surface area contributed by atoms with Gasteiger partial charge in [-0.25, -0.2) is 4.98 Å². The Labute approximate surface area is 96.8 Å². The second kappa shape index (κ2) is 4.97. The van der Waals surface area contributed by atoms with Crippen LogP contribution in [0.2, 0.25) is 0 Å². The van der Waals surface area contributed by atoms with Crippen molar-refractivity contribution in [2.45, 2.75) is 38.6 Å². The zero-order valence-corrected chi connectivity index (χ0v) is 10.1. The van der Waals surface area contributed by atoms with Crippen molar-refractivity contribution in [2.75, 3.05) is 19.6 Å². The zero-order chi connectivity index (χ0) is 11.5. The SMILES string of the molecule is CCN1CCC(c2nc(CC(C)N)co2)C1. The van der Waals surface area contributed by atoms with Crippen molar-refractivity contribution in [2.24, 2.45) is 5.73 Å². The van der Waals surface area contributed by atoms with Gasteiger partial charge in [-0.2, -0.15) is 0 Å². The summed E-state index contributed by atoms with van der Waals surface area (Å²) in [7, 11) is 0. The third-order valence-corrected chi connectivity index (χ3v) is 3.17. The van der Waals surface area contributed by atoms with E-state index >= 15 is 0 Å². The van der Waals surface area contributed by atoms with Gasteiger partial charge in [0, 0.05) is 24.9 Å². The first-order chi connectivity index (χ1) is 7.69. The molecule has 0 radical (unpaired) electrons. The molecule has 4 heteroatoms. The highest BCUT2D eigenvalue weighted by Gasteiger charge is 2.26. The van der Waals surface area contributed by atoms with Gasteiger partial charge in [0.1, 0.15) is 6.26 Å². The number of nitrogens with zero attached hydrogens (tertiary/aromatic N) is 2. The maximum Gasteiger partial charge on any atom is 0.198 e. The van der Waals surface area contributed by atoms with Gasteiger partial charge in [0.2, 0.25) is 0 Å². The molecule has 0 bridgehead atoms. The molecule has 0 aromatic carbocycles. The summed E-state index contributed by atoms with van der Waals surface area (Å²) in [4.78, 5) is 6.96. The number of rotatable bonds is 4. The maximum absolute atomic E-state index is 5.74. The van der Waals surface area contributed by atoms with Crippen LogP contribution < -0.4 is 5.73 Å². The summed E-state index contributed by atoms with van der Waals surface area (Å²) in [5.74, 6) is 1.37. The number of oxazole rings is 1. The normalized spacial score (nSPS) is 23.8. The molecule has 1 aromatic rings. The molecule has 90 valence electrons. The molecule has 2 atom stereocenters. The first kappa shape index (κ1) is 11.6. The van der Waals surface area contributed by atoms with Gasteiger partial charge in [0.25, 0.3) is 0 Å². The Hall–Kier alpha value is -0.870. The van der Waals surface area contributed by atoms with Gasteiger partial charge >= 0.3 is 0 Å². The molecule has 2 heterocycles. The monoisotopic (exact) mass is 223 g/mol. The largest absolute Gasteiger partial charge is 0.448 e. The summed E-state index contributed by atoms with van der Waals surface area (Å²) in [5, 5.41) is 0. The van der Waals surface area contributed by atoms with Crippen LogP contribution in [0.3, 0.4) is 0 Å². The van der Waals surface area contributed by atoms with E-state index in [1.807, 2.05) is 6.92 Å². The Bertz CT molecular complexity index is 335. The molecule has 0 amide bonds. The van der Waals surface area contributed by atoms with Gasteiger partial charge in [-0.1, -0.05) is 6.92 Å². The number of hydrogen-bond acceptors (Lipinski definition) is 4. The standard InChI is InChI=1S/C12H21N3O/c1-3-15-5-4-10(7-15)12-14-11(8-16-12)6-9(2)13/h8-10H,3-7,13H2,1-2H3. The van der Waals surface area contributed by atoms with Gasteiger partial charge in [0.15, 0.2) is 5.89 Å². The fraction of sp³-hybridized carbons (Fsp3) is 0.750. The van der Waals surface area contributed by atoms with Crippen LogP contribution in [-0.4, -0.2) is 35.6 Å². The van der Waals surface area contributed by atoms with Gasteiger partial charge in [-0.3, -0.25) is 0 Å². The molecule has 16 heavy (non-hydrogen) atoms. The minimum absolute atomic E-state index is 0.147. The smallest absolute Gasteiger partial charge is 0.198 e. The van der Waals surface area contributed by atoms with Crippen molar-refractivity contribution in [3.05, 3.63) is 17.8 Å². The highest BCUT2D eigenvalue weighted by molar-refractivity contribution is 5.04. The average Bonchev–Trinajstić information content (AvgIpc) is 2.83. The molecule has 1 aromatic heterocycles. The van der Waals surface area contributed by atoms with Crippen LogP contribution in [-0.2, 0) is 6.42 Å². The number of aromatic nitrogens is 1. The molecule has 2 rings (SSSR count). The van der Waals surface area contributed by atoms with Crippen molar-refractivity contribution in [3.63, 3.8) is 0 Å². The lowest BCUT2D eigenvalue weighted by Gasteiger charge is -2.10. The third kappa shape index (κ3) is 2.62. The highest BCUT2D eigenvalue weighted by atomic mass is 16.3. The van der Waals surface area contributed by atoms with Gasteiger partial charge in [0.05, 0.1) is 5.69 Å². The van der Waals surface area contributed by atoms with Crippen molar-refractivity contribution < 1.29 is 4.42 Å². The fourth-order valence-corrected chi connectivity index (χ4v) is 2.26. The first-order valence-electron chi connectivity index (χ1n) is 6.11. The average molecular weight is 223 g/mol. The quantitative estimate of drug-likeness (QED) is 0.837. The molecular formula is C12H21N3O. The van der Waals surface area contributed by atoms with Crippen molar-refractivity contribution >= 4 is 0 Å². The second-order valence-corrected chi connectivity index (χ2v) is 4.74. The predicted molar refractivity (Wildman–Crippen MR) is 63.3 cm³/mol. The summed E-state index contributed by atoms with van der Waals surface area (Å²) in [5.41, 5.74) is 6.73. The van der Waals surface area contributed by atoms with Crippen molar-refractivity contribution in [1.29, 1.82) is 0 Å². The molecule has 4 nitrogen and oxygen atoms in total. The first-order valence-corrected chi connectivity index (χ1v) is 6.11. The number of nitrogens with two attached hydrogens (primary N) is 1. The Morgan fingerprint density at radius 1 is 1.69 bits per heavy atom. The zero-order valence-electron chi connectivity index (χ0n) is 10.1. The lowest BCUT2D eigenvalue weighted by atomic mass is 10.1. The summed E-state index contributed by atoms with van der Waals surface area (Å²) in [6, 6.07) is 0.147. The van der Waals surface area contributed by atoms with Crippen LogP contribution in [0.15, 0.2) is 10.7 Å². The van der Waals surface area contributed by atoms with Crippen LogP contribution in [0.5, 0.6) is 0 Å². The second-order valence-electron chi connectivity index (χ2n) is 4.74.